The summed E-state index contributed by atoms with van der Waals surface area (Å²) in [5.74, 6) is 2.35. The number of fused-ring (bicyclic) bond motifs is 1. The van der Waals surface area contributed by atoms with E-state index in [-0.39, 0.29) is 25.4 Å². The molecule has 0 spiro atoms. The zero-order chi connectivity index (χ0) is 22.8. The van der Waals surface area contributed by atoms with Gasteiger partial charge in [0.1, 0.15) is 22.1 Å². The van der Waals surface area contributed by atoms with Gasteiger partial charge in [-0.1, -0.05) is 5.92 Å². The lowest BCUT2D eigenvalue weighted by atomic mass is 10.2. The summed E-state index contributed by atoms with van der Waals surface area (Å²) in [6, 6.07) is 0. The molecule has 2 aromatic rings. The van der Waals surface area contributed by atoms with Gasteiger partial charge in [-0.2, -0.15) is 0 Å². The number of nitrogens with zero attached hydrogens (tertiary/aromatic N) is 2. The molecule has 0 amide bonds. The molecule has 2 aromatic heterocycles. The highest BCUT2D eigenvalue weighted by molar-refractivity contribution is 7.20. The first-order chi connectivity index (χ1) is 14.9. The molecule has 0 radical (unpaired) electrons. The van der Waals surface area contributed by atoms with Crippen molar-refractivity contribution in [3.8, 4) is 12.3 Å². The maximum Gasteiger partial charge on any atom is 0.348 e. The number of carbonyl (C=O) groups is 1. The molecule has 1 atom stereocenters. The van der Waals surface area contributed by atoms with Crippen molar-refractivity contribution < 1.29 is 24.1 Å². The highest BCUT2D eigenvalue weighted by Crippen LogP contribution is 2.27. The molecular weight excluding hydrogens is 422 g/mol. The van der Waals surface area contributed by atoms with E-state index < -0.39 is 12.1 Å². The SMILES string of the molecule is C#CCOC[C@@H](O)CN(CCCOC)Cc1nc2sc(C(=O)OCC)c(C)c2c(=O)[nH]1. The molecule has 2 heterocycles. The predicted octanol–water partition coefficient (Wildman–Crippen LogP) is 1.32. The molecule has 170 valence electrons. The molecule has 0 fully saturated rings. The van der Waals surface area contributed by atoms with E-state index in [1.807, 2.05) is 4.90 Å². The van der Waals surface area contributed by atoms with Crippen LogP contribution < -0.4 is 5.56 Å². The Morgan fingerprint density at radius 2 is 2.23 bits per heavy atom. The number of aromatic amines is 1. The van der Waals surface area contributed by atoms with Crippen molar-refractivity contribution in [1.29, 1.82) is 0 Å². The summed E-state index contributed by atoms with van der Waals surface area (Å²) >= 11 is 1.14. The van der Waals surface area contributed by atoms with E-state index in [4.69, 9.17) is 20.6 Å². The van der Waals surface area contributed by atoms with E-state index in [1.54, 1.807) is 21.0 Å². The summed E-state index contributed by atoms with van der Waals surface area (Å²) in [7, 11) is 1.63. The second kappa shape index (κ2) is 12.5. The fraction of sp³-hybridized carbons (Fsp3) is 0.571. The number of rotatable bonds is 13. The molecule has 0 aliphatic carbocycles. The molecule has 9 nitrogen and oxygen atoms in total. The molecule has 0 aliphatic rings. The zero-order valence-corrected chi connectivity index (χ0v) is 18.9. The van der Waals surface area contributed by atoms with Gasteiger partial charge in [0.25, 0.3) is 5.56 Å². The summed E-state index contributed by atoms with van der Waals surface area (Å²) in [4.78, 5) is 35.0. The van der Waals surface area contributed by atoms with Crippen molar-refractivity contribution >= 4 is 27.5 Å². The van der Waals surface area contributed by atoms with Crippen LogP contribution in [0.1, 0.15) is 34.4 Å². The number of carbonyl (C=O) groups excluding carboxylic acids is 1. The van der Waals surface area contributed by atoms with Crippen LogP contribution in [0.5, 0.6) is 0 Å². The topological polar surface area (TPSA) is 114 Å². The van der Waals surface area contributed by atoms with Gasteiger partial charge in [0, 0.05) is 26.8 Å². The van der Waals surface area contributed by atoms with Gasteiger partial charge in [-0.15, -0.1) is 17.8 Å². The van der Waals surface area contributed by atoms with E-state index in [2.05, 4.69) is 15.9 Å². The number of thiophene rings is 1. The molecule has 31 heavy (non-hydrogen) atoms. The Morgan fingerprint density at radius 3 is 2.90 bits per heavy atom. The third-order valence-electron chi connectivity index (χ3n) is 4.47. The number of esters is 1. The quantitative estimate of drug-likeness (QED) is 0.266. The van der Waals surface area contributed by atoms with Crippen molar-refractivity contribution in [3.63, 3.8) is 0 Å². The number of nitrogens with one attached hydrogen (secondary N) is 1. The summed E-state index contributed by atoms with van der Waals surface area (Å²) in [6.45, 7) is 5.76. The first-order valence-corrected chi connectivity index (χ1v) is 10.8. The Morgan fingerprint density at radius 1 is 1.45 bits per heavy atom. The summed E-state index contributed by atoms with van der Waals surface area (Å²) < 4.78 is 15.4. The van der Waals surface area contributed by atoms with Crippen LogP contribution in [0.2, 0.25) is 0 Å². The van der Waals surface area contributed by atoms with Crippen molar-refractivity contribution in [2.24, 2.45) is 0 Å². The summed E-state index contributed by atoms with van der Waals surface area (Å²) in [6.07, 6.45) is 5.15. The summed E-state index contributed by atoms with van der Waals surface area (Å²) in [5, 5.41) is 10.6. The van der Waals surface area contributed by atoms with Crippen LogP contribution in [0.15, 0.2) is 4.79 Å². The molecule has 2 rings (SSSR count). The first kappa shape index (κ1) is 25.0. The third-order valence-corrected chi connectivity index (χ3v) is 5.64. The van der Waals surface area contributed by atoms with Crippen molar-refractivity contribution in [1.82, 2.24) is 14.9 Å². The Labute approximate surface area is 185 Å². The first-order valence-electron chi connectivity index (χ1n) is 10.0. The Bertz CT molecular complexity index is 964. The van der Waals surface area contributed by atoms with Crippen LogP contribution in [0, 0.1) is 19.3 Å². The minimum atomic E-state index is -0.745. The maximum atomic E-state index is 12.7. The van der Waals surface area contributed by atoms with Crippen LogP contribution >= 0.6 is 11.3 Å². The minimum Gasteiger partial charge on any atom is -0.462 e. The van der Waals surface area contributed by atoms with Gasteiger partial charge in [0.15, 0.2) is 0 Å². The van der Waals surface area contributed by atoms with Crippen LogP contribution in [0.3, 0.4) is 0 Å². The van der Waals surface area contributed by atoms with Gasteiger partial charge in [-0.25, -0.2) is 9.78 Å². The Kier molecular flexibility index (Phi) is 10.1. The molecule has 0 saturated carbocycles. The number of aromatic nitrogens is 2. The van der Waals surface area contributed by atoms with Crippen LogP contribution in [-0.4, -0.2) is 78.7 Å². The number of methoxy groups -OCH3 is 1. The fourth-order valence-corrected chi connectivity index (χ4v) is 4.23. The van der Waals surface area contributed by atoms with Crippen molar-refractivity contribution in [2.75, 3.05) is 46.6 Å². The average molecular weight is 452 g/mol. The molecule has 0 aromatic carbocycles. The van der Waals surface area contributed by atoms with E-state index in [0.717, 1.165) is 17.8 Å². The standard InChI is InChI=1S/C21H29N3O6S/c1-5-9-29-13-15(25)11-24(8-7-10-28-4)12-16-22-19(26)17-14(3)18(21(27)30-6-2)31-20(17)23-16/h1,15,25H,6-13H2,2-4H3,(H,22,23,26)/t15-/m0/s1. The molecule has 0 aliphatic heterocycles. The second-order valence-electron chi connectivity index (χ2n) is 6.92. The molecule has 0 saturated heterocycles. The Hall–Kier alpha value is -2.29. The largest absolute Gasteiger partial charge is 0.462 e. The highest BCUT2D eigenvalue weighted by atomic mass is 32.1. The van der Waals surface area contributed by atoms with Crippen LogP contribution in [0.4, 0.5) is 0 Å². The van der Waals surface area contributed by atoms with Gasteiger partial charge in [0.2, 0.25) is 0 Å². The van der Waals surface area contributed by atoms with Gasteiger partial charge < -0.3 is 24.3 Å². The monoisotopic (exact) mass is 451 g/mol. The van der Waals surface area contributed by atoms with Gasteiger partial charge in [-0.3, -0.25) is 9.69 Å². The van der Waals surface area contributed by atoms with E-state index in [9.17, 15) is 14.7 Å². The van der Waals surface area contributed by atoms with E-state index >= 15 is 0 Å². The third kappa shape index (κ3) is 7.12. The lowest BCUT2D eigenvalue weighted by Gasteiger charge is -2.24. The smallest absolute Gasteiger partial charge is 0.348 e. The maximum absolute atomic E-state index is 12.7. The number of aliphatic hydroxyl groups is 1. The predicted molar refractivity (Wildman–Crippen MR) is 118 cm³/mol. The normalized spacial score (nSPS) is 12.3. The lowest BCUT2D eigenvalue weighted by Crippen LogP contribution is -2.36. The van der Waals surface area contributed by atoms with E-state index in [0.29, 0.717) is 52.7 Å². The zero-order valence-electron chi connectivity index (χ0n) is 18.1. The average Bonchev–Trinajstić information content (AvgIpc) is 3.05. The number of hydrogen-bond acceptors (Lipinski definition) is 9. The van der Waals surface area contributed by atoms with Gasteiger partial charge in [-0.05, 0) is 25.8 Å². The van der Waals surface area contributed by atoms with Crippen molar-refractivity contribution in [3.05, 3.63) is 26.6 Å². The fourth-order valence-electron chi connectivity index (χ4n) is 3.14. The number of ether oxygens (including phenoxy) is 3. The second-order valence-corrected chi connectivity index (χ2v) is 7.92. The number of aliphatic hydroxyl groups excluding tert-OH is 1. The molecular formula is C21H29N3O6S. The number of terminal acetylenes is 1. The number of aryl methyl sites for hydroxylation is 1. The van der Waals surface area contributed by atoms with Crippen molar-refractivity contribution in [2.45, 2.75) is 32.9 Å². The highest BCUT2D eigenvalue weighted by Gasteiger charge is 2.21. The lowest BCUT2D eigenvalue weighted by molar-refractivity contribution is 0.0239. The van der Waals surface area contributed by atoms with Crippen LogP contribution in [0.25, 0.3) is 10.2 Å². The minimum absolute atomic E-state index is 0.112. The van der Waals surface area contributed by atoms with E-state index in [1.165, 1.54) is 0 Å². The van der Waals surface area contributed by atoms with Gasteiger partial charge in [0.05, 0.1) is 31.2 Å². The molecule has 2 N–H and O–H groups in total. The van der Waals surface area contributed by atoms with Crippen LogP contribution in [-0.2, 0) is 20.8 Å². The molecule has 10 heteroatoms. The molecule has 0 bridgehead atoms. The summed E-state index contributed by atoms with van der Waals surface area (Å²) in [5.41, 5.74) is 0.260. The number of hydrogen-bond donors (Lipinski definition) is 2. The number of H-pyrrole nitrogens is 1. The Balaban J connectivity index is 2.22. The molecule has 0 unspecified atom stereocenters. The van der Waals surface area contributed by atoms with Gasteiger partial charge >= 0.3 is 5.97 Å².